The number of carbonyl (C=O) groups is 1. The van der Waals surface area contributed by atoms with Gasteiger partial charge in [-0.1, -0.05) is 36.8 Å². The molecule has 1 aliphatic carbocycles. The van der Waals surface area contributed by atoms with Crippen LogP contribution in [0.15, 0.2) is 60.9 Å². The van der Waals surface area contributed by atoms with Gasteiger partial charge in [0.05, 0.1) is 11.9 Å². The Morgan fingerprint density at radius 3 is 2.77 bits per heavy atom. The zero-order chi connectivity index (χ0) is 21.6. The molecular weight excluding hydrogens is 388 g/mol. The summed E-state index contributed by atoms with van der Waals surface area (Å²) in [5.74, 6) is 0.731. The third-order valence-electron chi connectivity index (χ3n) is 5.57. The van der Waals surface area contributed by atoms with E-state index < -0.39 is 0 Å². The minimum atomic E-state index is -0.276. The number of nitrogens with one attached hydrogen (secondary N) is 4. The van der Waals surface area contributed by atoms with Gasteiger partial charge in [0, 0.05) is 44.2 Å². The molecule has 0 radical (unpaired) electrons. The average molecular weight is 419 g/mol. The molecule has 1 fully saturated rings. The lowest BCUT2D eigenvalue weighted by Gasteiger charge is -2.21. The fourth-order valence-corrected chi connectivity index (χ4v) is 4.09. The van der Waals surface area contributed by atoms with E-state index in [-0.39, 0.29) is 14.9 Å². The van der Waals surface area contributed by atoms with Crippen LogP contribution >= 0.6 is 0 Å². The van der Waals surface area contributed by atoms with Crippen molar-refractivity contribution in [3.63, 3.8) is 0 Å². The second-order valence-electron chi connectivity index (χ2n) is 7.77. The van der Waals surface area contributed by atoms with E-state index in [0.29, 0.717) is 23.0 Å². The van der Waals surface area contributed by atoms with E-state index in [1.165, 1.54) is 11.8 Å². The lowest BCUT2D eigenvalue weighted by Crippen LogP contribution is -2.39. The number of pyridine rings is 2. The molecule has 2 heterocycles. The Bertz CT molecular complexity index is 1080. The number of aryl methyl sites for hydroxylation is 1. The van der Waals surface area contributed by atoms with Gasteiger partial charge in [-0.15, -0.1) is 0 Å². The van der Waals surface area contributed by atoms with Gasteiger partial charge < -0.3 is 16.0 Å². The van der Waals surface area contributed by atoms with Gasteiger partial charge in [0.25, 0.3) is 0 Å². The zero-order valence-corrected chi connectivity index (χ0v) is 17.4. The van der Waals surface area contributed by atoms with Crippen LogP contribution in [0.4, 0.5) is 22.0 Å². The lowest BCUT2D eigenvalue weighted by molar-refractivity contribution is 0.247. The highest BCUT2D eigenvalue weighted by atomic mass is 16.2. The van der Waals surface area contributed by atoms with Gasteiger partial charge in [0.1, 0.15) is 5.82 Å². The minimum Gasteiger partial charge on any atom is -0.354 e. The Balaban J connectivity index is 0.00000193. The molecule has 2 atom stereocenters. The highest BCUT2D eigenvalue weighted by Crippen LogP contribution is 2.34. The van der Waals surface area contributed by atoms with E-state index in [1.54, 1.807) is 18.5 Å². The lowest BCUT2D eigenvalue weighted by atomic mass is 9.94. The minimum absolute atomic E-state index is 0. The second-order valence-corrected chi connectivity index (χ2v) is 7.77. The van der Waals surface area contributed by atoms with Crippen LogP contribution in [0.25, 0.3) is 0 Å². The van der Waals surface area contributed by atoms with Crippen LogP contribution in [-0.2, 0) is 0 Å². The van der Waals surface area contributed by atoms with Gasteiger partial charge in [-0.3, -0.25) is 10.3 Å². The normalized spacial score (nSPS) is 17.7. The third-order valence-corrected chi connectivity index (χ3v) is 5.57. The zero-order valence-electron chi connectivity index (χ0n) is 17.4. The molecule has 0 unspecified atom stereocenters. The molecule has 1 saturated carbocycles. The topological polar surface area (TPSA) is 103 Å². The van der Waals surface area contributed by atoms with Gasteiger partial charge in [0.2, 0.25) is 0 Å². The van der Waals surface area contributed by atoms with Gasteiger partial charge in [-0.25, -0.2) is 9.78 Å². The molecule has 31 heavy (non-hydrogen) atoms. The third kappa shape index (κ3) is 5.06. The first-order chi connectivity index (χ1) is 15.1. The first-order valence-corrected chi connectivity index (χ1v) is 10.4. The van der Waals surface area contributed by atoms with Crippen molar-refractivity contribution < 1.29 is 7.65 Å². The summed E-state index contributed by atoms with van der Waals surface area (Å²) in [6.45, 7) is 1.92. The molecule has 4 N–H and O–H groups in total. The van der Waals surface area contributed by atoms with Crippen LogP contribution < -0.4 is 16.0 Å². The number of anilines is 3. The van der Waals surface area contributed by atoms with Gasteiger partial charge in [-0.2, -0.15) is 0 Å². The summed E-state index contributed by atoms with van der Waals surface area (Å²) in [5.41, 5.74) is 4.33. The van der Waals surface area contributed by atoms with E-state index in [2.05, 4.69) is 38.1 Å². The SMILES string of the molecule is Cc1cc(Nc2cnc(NC(=O)N[C@H]3CCC[C@H]3c3ccccc3)cc2C=N)ccn1.[HH].[HH]. The molecule has 1 aliphatic rings. The molecule has 0 aliphatic heterocycles. The van der Waals surface area contributed by atoms with E-state index in [0.717, 1.165) is 30.6 Å². The summed E-state index contributed by atoms with van der Waals surface area (Å²) in [4.78, 5) is 21.1. The molecule has 162 valence electrons. The van der Waals surface area contributed by atoms with Crippen molar-refractivity contribution in [3.8, 4) is 0 Å². The molecule has 7 heteroatoms. The average Bonchev–Trinajstić information content (AvgIpc) is 3.23. The predicted molar refractivity (Wildman–Crippen MR) is 128 cm³/mol. The number of nitrogens with zero attached hydrogens (tertiary/aromatic N) is 2. The molecule has 7 nitrogen and oxygen atoms in total. The Morgan fingerprint density at radius 1 is 1.16 bits per heavy atom. The molecule has 3 aromatic rings. The van der Waals surface area contributed by atoms with Crippen molar-refractivity contribution in [1.29, 1.82) is 5.41 Å². The van der Waals surface area contributed by atoms with Crippen LogP contribution in [0, 0.1) is 12.3 Å². The van der Waals surface area contributed by atoms with Crippen molar-refractivity contribution in [2.24, 2.45) is 0 Å². The number of urea groups is 1. The largest absolute Gasteiger partial charge is 0.354 e. The Hall–Kier alpha value is -3.74. The van der Waals surface area contributed by atoms with Gasteiger partial charge in [-0.05, 0) is 43.5 Å². The molecule has 0 spiro atoms. The highest BCUT2D eigenvalue weighted by Gasteiger charge is 2.29. The summed E-state index contributed by atoms with van der Waals surface area (Å²) >= 11 is 0. The molecule has 0 bridgehead atoms. The van der Waals surface area contributed by atoms with Crippen molar-refractivity contribution in [1.82, 2.24) is 15.3 Å². The van der Waals surface area contributed by atoms with E-state index in [4.69, 9.17) is 5.41 Å². The van der Waals surface area contributed by atoms with Crippen molar-refractivity contribution in [3.05, 3.63) is 77.7 Å². The quantitative estimate of drug-likeness (QED) is 0.398. The first-order valence-electron chi connectivity index (χ1n) is 10.4. The molecule has 0 saturated heterocycles. The number of hydrogen-bond donors (Lipinski definition) is 4. The predicted octanol–water partition coefficient (Wildman–Crippen LogP) is 5.48. The van der Waals surface area contributed by atoms with E-state index >= 15 is 0 Å². The fraction of sp³-hybridized carbons (Fsp3) is 0.250. The number of carbonyl (C=O) groups excluding carboxylic acids is 1. The molecule has 2 amide bonds. The maximum Gasteiger partial charge on any atom is 0.320 e. The second kappa shape index (κ2) is 9.38. The molecule has 1 aromatic carbocycles. The fourth-order valence-electron chi connectivity index (χ4n) is 4.09. The maximum absolute atomic E-state index is 12.6. The van der Waals surface area contributed by atoms with Crippen molar-refractivity contribution >= 4 is 29.4 Å². The number of aromatic nitrogens is 2. The smallest absolute Gasteiger partial charge is 0.320 e. The van der Waals surface area contributed by atoms with Gasteiger partial charge in [0.15, 0.2) is 0 Å². The van der Waals surface area contributed by atoms with E-state index in [9.17, 15) is 4.79 Å². The van der Waals surface area contributed by atoms with Crippen LogP contribution in [0.5, 0.6) is 0 Å². The van der Waals surface area contributed by atoms with Crippen LogP contribution in [0.3, 0.4) is 0 Å². The summed E-state index contributed by atoms with van der Waals surface area (Å²) in [6.07, 6.45) is 7.70. The highest BCUT2D eigenvalue weighted by molar-refractivity contribution is 5.92. The molecule has 4 rings (SSSR count). The van der Waals surface area contributed by atoms with Crippen LogP contribution in [0.2, 0.25) is 0 Å². The summed E-state index contributed by atoms with van der Waals surface area (Å²) in [6, 6.07) is 15.6. The Morgan fingerprint density at radius 2 is 2.00 bits per heavy atom. The number of rotatable bonds is 6. The van der Waals surface area contributed by atoms with Crippen molar-refractivity contribution in [2.45, 2.75) is 38.1 Å². The summed E-state index contributed by atoms with van der Waals surface area (Å²) in [7, 11) is 0. The van der Waals surface area contributed by atoms with Gasteiger partial charge >= 0.3 is 6.03 Å². The maximum atomic E-state index is 12.6. The molecular formula is C24H30N6O. The Labute approximate surface area is 184 Å². The summed E-state index contributed by atoms with van der Waals surface area (Å²) < 4.78 is 0. The standard InChI is InChI=1S/C24H26N6O.2H2/c1-16-12-19(10-11-26-16)28-22-15-27-23(13-18(22)14-25)30-24(31)29-21-9-5-8-20(21)17-6-3-2-4-7-17;;/h2-4,6-7,10-15,20-21,25H,5,8-9H2,1H3,(H,26,28)(H2,27,29,30,31);2*1H/t20-,21-;;/m0../s1. The first kappa shape index (κ1) is 20.5. The number of hydrogen-bond acceptors (Lipinski definition) is 5. The van der Waals surface area contributed by atoms with Crippen LogP contribution in [-0.4, -0.2) is 28.3 Å². The number of amides is 2. The molecule has 2 aromatic heterocycles. The van der Waals surface area contributed by atoms with E-state index in [1.807, 2.05) is 37.3 Å². The van der Waals surface area contributed by atoms with Crippen molar-refractivity contribution in [2.75, 3.05) is 10.6 Å². The van der Waals surface area contributed by atoms with Crippen LogP contribution in [0.1, 0.15) is 44.9 Å². The Kier molecular flexibility index (Phi) is 6.21. The monoisotopic (exact) mass is 418 g/mol. The summed E-state index contributed by atoms with van der Waals surface area (Å²) in [5, 5.41) is 16.9. The number of benzene rings is 1.